The molecule has 3 rings (SSSR count). The summed E-state index contributed by atoms with van der Waals surface area (Å²) in [5, 5.41) is 15.7. The van der Waals surface area contributed by atoms with Crippen molar-refractivity contribution in [2.45, 2.75) is 11.5 Å². The normalized spacial score (nSPS) is 11.3. The molecule has 3 aromatic rings. The molecule has 0 aliphatic heterocycles. The number of sulfonamides is 1. The molecule has 0 radical (unpaired) electrons. The minimum atomic E-state index is -3.80. The van der Waals surface area contributed by atoms with Crippen molar-refractivity contribution < 1.29 is 17.9 Å². The summed E-state index contributed by atoms with van der Waals surface area (Å²) in [6, 6.07) is 14.7. The van der Waals surface area contributed by atoms with Gasteiger partial charge in [-0.2, -0.15) is 0 Å². The Kier molecular flexibility index (Phi) is 5.31. The highest BCUT2D eigenvalue weighted by molar-refractivity contribution is 7.89. The lowest BCUT2D eigenvalue weighted by molar-refractivity contribution is 0.101. The Morgan fingerprint density at radius 2 is 1.81 bits per heavy atom. The largest absolute Gasteiger partial charge is 0.378 e. The summed E-state index contributed by atoms with van der Waals surface area (Å²) in [5.41, 5.74) is 1.73. The van der Waals surface area contributed by atoms with E-state index in [2.05, 4.69) is 15.6 Å². The van der Waals surface area contributed by atoms with E-state index in [4.69, 9.17) is 9.88 Å². The number of anilines is 1. The standard InChI is InChI=1S/C17H17N5O4S/c1-26-11-15-16(20-21-22(15)13-5-3-2-4-6-13)17(23)19-12-7-9-14(10-8-12)27(18,24)25/h2-10H,11H2,1H3,(H,19,23)(H2,18,24,25). The van der Waals surface area contributed by atoms with Gasteiger partial charge in [-0.1, -0.05) is 23.4 Å². The molecule has 0 aliphatic rings. The first-order valence-electron chi connectivity index (χ1n) is 7.83. The van der Waals surface area contributed by atoms with Gasteiger partial charge in [-0.3, -0.25) is 4.79 Å². The Hall–Kier alpha value is -3.08. The molecule has 0 spiro atoms. The molecule has 1 amide bonds. The minimum absolute atomic E-state index is 0.0457. The third-order valence-corrected chi connectivity index (χ3v) is 4.63. The van der Waals surface area contributed by atoms with Crippen LogP contribution in [-0.2, 0) is 21.4 Å². The zero-order valence-corrected chi connectivity index (χ0v) is 15.2. The fourth-order valence-electron chi connectivity index (χ4n) is 2.44. The highest BCUT2D eigenvalue weighted by atomic mass is 32.2. The van der Waals surface area contributed by atoms with Crippen LogP contribution in [0, 0.1) is 0 Å². The van der Waals surface area contributed by atoms with Gasteiger partial charge in [0.1, 0.15) is 5.69 Å². The summed E-state index contributed by atoms with van der Waals surface area (Å²) >= 11 is 0. The van der Waals surface area contributed by atoms with Crippen molar-refractivity contribution in [3.8, 4) is 5.69 Å². The third kappa shape index (κ3) is 4.19. The summed E-state index contributed by atoms with van der Waals surface area (Å²) in [6.45, 7) is 0.134. The van der Waals surface area contributed by atoms with Crippen molar-refractivity contribution >= 4 is 21.6 Å². The van der Waals surface area contributed by atoms with Gasteiger partial charge in [-0.25, -0.2) is 18.2 Å². The van der Waals surface area contributed by atoms with Crippen molar-refractivity contribution in [1.82, 2.24) is 15.0 Å². The molecular weight excluding hydrogens is 370 g/mol. The van der Waals surface area contributed by atoms with E-state index in [0.29, 0.717) is 11.4 Å². The molecule has 0 fully saturated rings. The van der Waals surface area contributed by atoms with Crippen LogP contribution < -0.4 is 10.5 Å². The van der Waals surface area contributed by atoms with Gasteiger partial charge in [0.15, 0.2) is 5.69 Å². The minimum Gasteiger partial charge on any atom is -0.378 e. The average molecular weight is 387 g/mol. The number of primary sulfonamides is 1. The monoisotopic (exact) mass is 387 g/mol. The lowest BCUT2D eigenvalue weighted by Crippen LogP contribution is -2.16. The second-order valence-corrected chi connectivity index (χ2v) is 7.15. The van der Waals surface area contributed by atoms with Gasteiger partial charge in [-0.05, 0) is 36.4 Å². The Labute approximate surface area is 155 Å². The first-order chi connectivity index (χ1) is 12.9. The predicted octanol–water partition coefficient (Wildman–Crippen LogP) is 1.31. The van der Waals surface area contributed by atoms with Crippen LogP contribution >= 0.6 is 0 Å². The van der Waals surface area contributed by atoms with E-state index in [-0.39, 0.29) is 17.2 Å². The number of hydrogen-bond acceptors (Lipinski definition) is 6. The van der Waals surface area contributed by atoms with Gasteiger partial charge in [0, 0.05) is 12.8 Å². The molecule has 9 nitrogen and oxygen atoms in total. The lowest BCUT2D eigenvalue weighted by Gasteiger charge is -2.08. The highest BCUT2D eigenvalue weighted by Gasteiger charge is 2.21. The van der Waals surface area contributed by atoms with Crippen LogP contribution in [0.3, 0.4) is 0 Å². The molecule has 1 heterocycles. The maximum absolute atomic E-state index is 12.6. The molecule has 1 aromatic heterocycles. The number of hydrogen-bond donors (Lipinski definition) is 2. The number of methoxy groups -OCH3 is 1. The number of benzene rings is 2. The molecule has 10 heteroatoms. The smallest absolute Gasteiger partial charge is 0.278 e. The maximum Gasteiger partial charge on any atom is 0.278 e. The number of rotatable bonds is 6. The summed E-state index contributed by atoms with van der Waals surface area (Å²) in [7, 11) is -2.29. The SMILES string of the molecule is COCc1c(C(=O)Nc2ccc(S(N)(=O)=O)cc2)nnn1-c1ccccc1. The molecule has 0 bridgehead atoms. The van der Waals surface area contributed by atoms with E-state index in [1.807, 2.05) is 30.3 Å². The Morgan fingerprint density at radius 1 is 1.15 bits per heavy atom. The van der Waals surface area contributed by atoms with Gasteiger partial charge >= 0.3 is 0 Å². The number of carbonyl (C=O) groups excluding carboxylic acids is 1. The van der Waals surface area contributed by atoms with Gasteiger partial charge < -0.3 is 10.1 Å². The number of aromatic nitrogens is 3. The number of para-hydroxylation sites is 1. The summed E-state index contributed by atoms with van der Waals surface area (Å²) in [5.74, 6) is -0.493. The van der Waals surface area contributed by atoms with Crippen LogP contribution in [-0.4, -0.2) is 36.4 Å². The molecule has 0 saturated heterocycles. The highest BCUT2D eigenvalue weighted by Crippen LogP contribution is 2.17. The molecule has 0 aliphatic carbocycles. The molecule has 140 valence electrons. The molecule has 2 aromatic carbocycles. The van der Waals surface area contributed by atoms with Crippen molar-refractivity contribution in [3.63, 3.8) is 0 Å². The zero-order valence-electron chi connectivity index (χ0n) is 14.4. The van der Waals surface area contributed by atoms with E-state index in [9.17, 15) is 13.2 Å². The number of amides is 1. The first-order valence-corrected chi connectivity index (χ1v) is 9.38. The number of ether oxygens (including phenoxy) is 1. The lowest BCUT2D eigenvalue weighted by atomic mass is 10.2. The van der Waals surface area contributed by atoms with E-state index in [0.717, 1.165) is 5.69 Å². The van der Waals surface area contributed by atoms with Gasteiger partial charge in [0.2, 0.25) is 10.0 Å². The summed E-state index contributed by atoms with van der Waals surface area (Å²) in [4.78, 5) is 12.6. The van der Waals surface area contributed by atoms with E-state index < -0.39 is 15.9 Å². The Morgan fingerprint density at radius 3 is 2.41 bits per heavy atom. The fourth-order valence-corrected chi connectivity index (χ4v) is 2.95. The van der Waals surface area contributed by atoms with Crippen molar-refractivity contribution in [1.29, 1.82) is 0 Å². The Balaban J connectivity index is 1.87. The molecule has 0 saturated carbocycles. The first kappa shape index (κ1) is 18.7. The maximum atomic E-state index is 12.6. The zero-order chi connectivity index (χ0) is 19.4. The Bertz CT molecular complexity index is 1050. The van der Waals surface area contributed by atoms with Crippen LogP contribution in [0.15, 0.2) is 59.5 Å². The van der Waals surface area contributed by atoms with Crippen molar-refractivity contribution in [3.05, 3.63) is 66.0 Å². The number of nitrogens with zero attached hydrogens (tertiary/aromatic N) is 3. The van der Waals surface area contributed by atoms with Crippen molar-refractivity contribution in [2.75, 3.05) is 12.4 Å². The third-order valence-electron chi connectivity index (χ3n) is 3.70. The van der Waals surface area contributed by atoms with Gasteiger partial charge in [-0.15, -0.1) is 5.10 Å². The van der Waals surface area contributed by atoms with Gasteiger partial charge in [0.25, 0.3) is 5.91 Å². The average Bonchev–Trinajstić information content (AvgIpc) is 3.06. The number of nitrogens with two attached hydrogens (primary N) is 1. The van der Waals surface area contributed by atoms with Crippen LogP contribution in [0.1, 0.15) is 16.2 Å². The fraction of sp³-hybridized carbons (Fsp3) is 0.118. The van der Waals surface area contributed by atoms with E-state index in [1.165, 1.54) is 36.1 Å². The van der Waals surface area contributed by atoms with E-state index in [1.54, 1.807) is 0 Å². The van der Waals surface area contributed by atoms with E-state index >= 15 is 0 Å². The van der Waals surface area contributed by atoms with Crippen LogP contribution in [0.4, 0.5) is 5.69 Å². The van der Waals surface area contributed by atoms with Crippen LogP contribution in [0.2, 0.25) is 0 Å². The predicted molar refractivity (Wildman–Crippen MR) is 97.8 cm³/mol. The molecular formula is C17H17N5O4S. The van der Waals surface area contributed by atoms with Crippen LogP contribution in [0.5, 0.6) is 0 Å². The number of nitrogens with one attached hydrogen (secondary N) is 1. The molecule has 0 atom stereocenters. The van der Waals surface area contributed by atoms with Crippen molar-refractivity contribution in [2.24, 2.45) is 5.14 Å². The summed E-state index contributed by atoms with van der Waals surface area (Å²) in [6.07, 6.45) is 0. The molecule has 3 N–H and O–H groups in total. The quantitative estimate of drug-likeness (QED) is 0.656. The molecule has 27 heavy (non-hydrogen) atoms. The topological polar surface area (TPSA) is 129 Å². The van der Waals surface area contributed by atoms with Crippen LogP contribution in [0.25, 0.3) is 5.69 Å². The number of carbonyl (C=O) groups is 1. The molecule has 0 unspecified atom stereocenters. The summed E-state index contributed by atoms with van der Waals surface area (Å²) < 4.78 is 29.3. The second-order valence-electron chi connectivity index (χ2n) is 5.59. The van der Waals surface area contributed by atoms with Gasteiger partial charge in [0.05, 0.1) is 17.2 Å². The second kappa shape index (κ2) is 7.66.